The van der Waals surface area contributed by atoms with Gasteiger partial charge >= 0.3 is 0 Å². The first-order valence-electron chi connectivity index (χ1n) is 10.2. The lowest BCUT2D eigenvalue weighted by Gasteiger charge is -2.15. The largest absolute Gasteiger partial charge is 0.493 e. The van der Waals surface area contributed by atoms with Gasteiger partial charge < -0.3 is 20.1 Å². The summed E-state index contributed by atoms with van der Waals surface area (Å²) in [6.07, 6.45) is 0.813. The van der Waals surface area contributed by atoms with E-state index >= 15 is 0 Å². The molecule has 0 spiro atoms. The molecule has 0 aliphatic heterocycles. The fourth-order valence-corrected chi connectivity index (χ4v) is 3.86. The van der Waals surface area contributed by atoms with Crippen LogP contribution in [0.4, 0.5) is 5.69 Å². The molecular formula is C22H32N4O4S. The number of hydrogen-bond acceptors (Lipinski definition) is 5. The maximum absolute atomic E-state index is 12.6. The monoisotopic (exact) mass is 448 g/mol. The highest BCUT2D eigenvalue weighted by atomic mass is 32.2. The summed E-state index contributed by atoms with van der Waals surface area (Å²) in [6, 6.07) is 14.5. The van der Waals surface area contributed by atoms with Gasteiger partial charge in [-0.25, -0.2) is 17.7 Å². The molecule has 31 heavy (non-hydrogen) atoms. The van der Waals surface area contributed by atoms with Crippen molar-refractivity contribution in [2.75, 3.05) is 46.3 Å². The standard InChI is InChI=1S/C22H32N4O4S/c1-5-23-22(25-19-11-8-12-20(16-19)30-15-9-14-29-4)24-17-18-10-6-7-13-21(18)31(27,28)26(2)3/h6-8,10-13,16H,5,9,14-15,17H2,1-4H3,(H2,23,24,25). The van der Waals surface area contributed by atoms with Crippen LogP contribution in [-0.2, 0) is 21.3 Å². The summed E-state index contributed by atoms with van der Waals surface area (Å²) < 4.78 is 37.2. The zero-order valence-corrected chi connectivity index (χ0v) is 19.4. The summed E-state index contributed by atoms with van der Waals surface area (Å²) in [6.45, 7) is 4.07. The van der Waals surface area contributed by atoms with Gasteiger partial charge in [-0.15, -0.1) is 0 Å². The van der Waals surface area contributed by atoms with Gasteiger partial charge in [0.25, 0.3) is 0 Å². The molecule has 9 heteroatoms. The summed E-state index contributed by atoms with van der Waals surface area (Å²) >= 11 is 0. The van der Waals surface area contributed by atoms with Gasteiger partial charge in [0.2, 0.25) is 10.0 Å². The molecule has 0 bridgehead atoms. The second-order valence-corrected chi connectivity index (χ2v) is 9.06. The number of ether oxygens (including phenoxy) is 2. The van der Waals surface area contributed by atoms with Gasteiger partial charge in [-0.1, -0.05) is 24.3 Å². The lowest BCUT2D eigenvalue weighted by Crippen LogP contribution is -2.30. The average Bonchev–Trinajstić information content (AvgIpc) is 2.75. The third-order valence-electron chi connectivity index (χ3n) is 4.34. The van der Waals surface area contributed by atoms with Crippen molar-refractivity contribution in [1.82, 2.24) is 9.62 Å². The summed E-state index contributed by atoms with van der Waals surface area (Å²) in [7, 11) is 1.16. The molecule has 2 aromatic carbocycles. The molecule has 0 amide bonds. The van der Waals surface area contributed by atoms with Crippen molar-refractivity contribution in [3.05, 3.63) is 54.1 Å². The number of benzene rings is 2. The van der Waals surface area contributed by atoms with E-state index in [9.17, 15) is 8.42 Å². The van der Waals surface area contributed by atoms with E-state index in [0.29, 0.717) is 31.3 Å². The number of anilines is 1. The Hall–Kier alpha value is -2.62. The minimum absolute atomic E-state index is 0.214. The van der Waals surface area contributed by atoms with Crippen LogP contribution in [0.25, 0.3) is 0 Å². The molecule has 0 fully saturated rings. The molecule has 0 radical (unpaired) electrons. The summed E-state index contributed by atoms with van der Waals surface area (Å²) in [5, 5.41) is 6.43. The first-order chi connectivity index (χ1) is 14.9. The summed E-state index contributed by atoms with van der Waals surface area (Å²) in [5.74, 6) is 1.30. The average molecular weight is 449 g/mol. The second-order valence-electron chi connectivity index (χ2n) is 6.94. The molecule has 0 atom stereocenters. The smallest absolute Gasteiger partial charge is 0.242 e. The number of guanidine groups is 1. The Morgan fingerprint density at radius 3 is 2.58 bits per heavy atom. The lowest BCUT2D eigenvalue weighted by atomic mass is 10.2. The van der Waals surface area contributed by atoms with Crippen molar-refractivity contribution in [2.24, 2.45) is 4.99 Å². The molecule has 0 aromatic heterocycles. The molecule has 8 nitrogen and oxygen atoms in total. The van der Waals surface area contributed by atoms with Gasteiger partial charge in [0.15, 0.2) is 5.96 Å². The van der Waals surface area contributed by atoms with Gasteiger partial charge in [-0.2, -0.15) is 0 Å². The number of methoxy groups -OCH3 is 1. The molecule has 0 heterocycles. The summed E-state index contributed by atoms with van der Waals surface area (Å²) in [5.41, 5.74) is 1.45. The number of sulfonamides is 1. The fraction of sp³-hybridized carbons (Fsp3) is 0.409. The van der Waals surface area contributed by atoms with Gasteiger partial charge in [0.1, 0.15) is 5.75 Å². The Morgan fingerprint density at radius 1 is 1.10 bits per heavy atom. The zero-order valence-electron chi connectivity index (χ0n) is 18.6. The number of rotatable bonds is 11. The number of hydrogen-bond donors (Lipinski definition) is 2. The van der Waals surface area contributed by atoms with Crippen LogP contribution in [0, 0.1) is 0 Å². The van der Waals surface area contributed by atoms with Crippen molar-refractivity contribution >= 4 is 21.7 Å². The van der Waals surface area contributed by atoms with E-state index in [1.807, 2.05) is 37.3 Å². The Labute approximate surface area is 185 Å². The van der Waals surface area contributed by atoms with Crippen LogP contribution in [0.1, 0.15) is 18.9 Å². The normalized spacial score (nSPS) is 12.1. The molecular weight excluding hydrogens is 416 g/mol. The summed E-state index contributed by atoms with van der Waals surface area (Å²) in [4.78, 5) is 4.84. The maximum atomic E-state index is 12.6. The topological polar surface area (TPSA) is 92.3 Å². The molecule has 0 saturated carbocycles. The van der Waals surface area contributed by atoms with Crippen LogP contribution in [0.5, 0.6) is 5.75 Å². The van der Waals surface area contributed by atoms with Crippen molar-refractivity contribution in [3.63, 3.8) is 0 Å². The van der Waals surface area contributed by atoms with Gasteiger partial charge in [-0.05, 0) is 30.7 Å². The highest BCUT2D eigenvalue weighted by Gasteiger charge is 2.20. The van der Waals surface area contributed by atoms with Crippen LogP contribution < -0.4 is 15.4 Å². The Kier molecular flexibility index (Phi) is 9.77. The Morgan fingerprint density at radius 2 is 1.87 bits per heavy atom. The van der Waals surface area contributed by atoms with Crippen LogP contribution in [0.3, 0.4) is 0 Å². The first kappa shape index (κ1) is 24.6. The maximum Gasteiger partial charge on any atom is 0.242 e. The van der Waals surface area contributed by atoms with E-state index in [0.717, 1.165) is 17.9 Å². The lowest BCUT2D eigenvalue weighted by molar-refractivity contribution is 0.172. The number of nitrogens with zero attached hydrogens (tertiary/aromatic N) is 2. The van der Waals surface area contributed by atoms with Crippen LogP contribution >= 0.6 is 0 Å². The van der Waals surface area contributed by atoms with Gasteiger partial charge in [0, 0.05) is 52.5 Å². The van der Waals surface area contributed by atoms with Gasteiger partial charge in [-0.3, -0.25) is 0 Å². The minimum atomic E-state index is -3.55. The van der Waals surface area contributed by atoms with E-state index in [4.69, 9.17) is 9.47 Å². The van der Waals surface area contributed by atoms with Crippen LogP contribution in [-0.4, -0.2) is 59.6 Å². The van der Waals surface area contributed by atoms with Crippen LogP contribution in [0.15, 0.2) is 58.4 Å². The molecule has 0 aliphatic carbocycles. The molecule has 2 rings (SSSR count). The van der Waals surface area contributed by atoms with E-state index in [-0.39, 0.29) is 11.4 Å². The fourth-order valence-electron chi connectivity index (χ4n) is 2.75. The van der Waals surface area contributed by atoms with E-state index in [1.54, 1.807) is 25.3 Å². The second kappa shape index (κ2) is 12.3. The SMILES string of the molecule is CCNC(=NCc1ccccc1S(=O)(=O)N(C)C)Nc1cccc(OCCCOC)c1. The number of aliphatic imine (C=N–C) groups is 1. The van der Waals surface area contributed by atoms with Crippen molar-refractivity contribution in [2.45, 2.75) is 24.8 Å². The molecule has 0 saturated heterocycles. The molecule has 0 aliphatic rings. The van der Waals surface area contributed by atoms with Gasteiger partial charge in [0.05, 0.1) is 18.0 Å². The zero-order chi connectivity index (χ0) is 22.7. The molecule has 2 N–H and O–H groups in total. The molecule has 2 aromatic rings. The highest BCUT2D eigenvalue weighted by Crippen LogP contribution is 2.20. The quantitative estimate of drug-likeness (QED) is 0.312. The molecule has 0 unspecified atom stereocenters. The van der Waals surface area contributed by atoms with Crippen LogP contribution in [0.2, 0.25) is 0 Å². The predicted molar refractivity (Wildman–Crippen MR) is 124 cm³/mol. The Balaban J connectivity index is 2.16. The third-order valence-corrected chi connectivity index (χ3v) is 6.26. The molecule has 170 valence electrons. The Bertz CT molecular complexity index is 961. The first-order valence-corrected chi connectivity index (χ1v) is 11.6. The minimum Gasteiger partial charge on any atom is -0.493 e. The highest BCUT2D eigenvalue weighted by molar-refractivity contribution is 7.89. The van der Waals surface area contributed by atoms with E-state index < -0.39 is 10.0 Å². The van der Waals surface area contributed by atoms with Crippen molar-refractivity contribution in [3.8, 4) is 5.75 Å². The van der Waals surface area contributed by atoms with Crippen molar-refractivity contribution in [1.29, 1.82) is 0 Å². The van der Waals surface area contributed by atoms with E-state index in [1.165, 1.54) is 18.4 Å². The van der Waals surface area contributed by atoms with E-state index in [2.05, 4.69) is 15.6 Å². The third kappa shape index (κ3) is 7.54. The van der Waals surface area contributed by atoms with Crippen molar-refractivity contribution < 1.29 is 17.9 Å². The number of nitrogens with one attached hydrogen (secondary N) is 2. The predicted octanol–water partition coefficient (Wildman–Crippen LogP) is 2.93.